The van der Waals surface area contributed by atoms with Gasteiger partial charge in [0.05, 0.1) is 29.5 Å². The maximum Gasteiger partial charge on any atom is 0.243 e. The number of hydrogen-bond donors (Lipinski definition) is 1. The van der Waals surface area contributed by atoms with E-state index in [1.807, 2.05) is 0 Å². The molecule has 0 unspecified atom stereocenters. The molecule has 1 aliphatic carbocycles. The van der Waals surface area contributed by atoms with Gasteiger partial charge in [-0.1, -0.05) is 19.8 Å². The van der Waals surface area contributed by atoms with Gasteiger partial charge in [-0.2, -0.15) is 4.31 Å². The zero-order valence-electron chi connectivity index (χ0n) is 17.7. The van der Waals surface area contributed by atoms with Gasteiger partial charge in [0.15, 0.2) is 0 Å². The van der Waals surface area contributed by atoms with E-state index >= 15 is 0 Å². The Balaban J connectivity index is 1.54. The fourth-order valence-corrected chi connectivity index (χ4v) is 6.72. The van der Waals surface area contributed by atoms with Crippen molar-refractivity contribution in [3.8, 4) is 0 Å². The van der Waals surface area contributed by atoms with E-state index in [4.69, 9.17) is 4.74 Å². The molecule has 10 heteroatoms. The number of rotatable bonds is 5. The molecule has 3 aliphatic rings. The molecule has 0 aromatic heterocycles. The van der Waals surface area contributed by atoms with Crippen molar-refractivity contribution in [3.63, 3.8) is 0 Å². The third kappa shape index (κ3) is 4.92. The number of thioether (sulfide) groups is 1. The lowest BCUT2D eigenvalue weighted by molar-refractivity contribution is -0.123. The van der Waals surface area contributed by atoms with Crippen LogP contribution in [0.1, 0.15) is 32.6 Å². The molecule has 170 valence electrons. The van der Waals surface area contributed by atoms with Crippen molar-refractivity contribution in [2.45, 2.75) is 48.4 Å². The molecule has 0 spiro atoms. The SMILES string of the molecule is C[C@H]1CCCC[C@@H]1NC(=O)CN1C(=O)CSc2ccc(S(=O)(=O)N3CCOCC3)cc21. The number of morpholine rings is 1. The van der Waals surface area contributed by atoms with E-state index in [9.17, 15) is 18.0 Å². The van der Waals surface area contributed by atoms with Gasteiger partial charge >= 0.3 is 0 Å². The van der Waals surface area contributed by atoms with Crippen molar-refractivity contribution in [1.82, 2.24) is 9.62 Å². The second-order valence-electron chi connectivity index (χ2n) is 8.35. The summed E-state index contributed by atoms with van der Waals surface area (Å²) in [6, 6.07) is 4.96. The van der Waals surface area contributed by atoms with Crippen LogP contribution in [-0.4, -0.2) is 69.2 Å². The van der Waals surface area contributed by atoms with Gasteiger partial charge in [0.2, 0.25) is 21.8 Å². The molecule has 2 amide bonds. The van der Waals surface area contributed by atoms with Gasteiger partial charge in [0.25, 0.3) is 0 Å². The van der Waals surface area contributed by atoms with Crippen LogP contribution in [0, 0.1) is 5.92 Å². The number of fused-ring (bicyclic) bond motifs is 1. The largest absolute Gasteiger partial charge is 0.379 e. The van der Waals surface area contributed by atoms with Gasteiger partial charge in [0, 0.05) is 24.0 Å². The van der Waals surface area contributed by atoms with E-state index in [-0.39, 0.29) is 35.0 Å². The molecule has 1 N–H and O–H groups in total. The quantitative estimate of drug-likeness (QED) is 0.710. The number of sulfonamides is 1. The second-order valence-corrected chi connectivity index (χ2v) is 11.3. The van der Waals surface area contributed by atoms with Crippen molar-refractivity contribution >= 4 is 39.3 Å². The number of benzene rings is 1. The van der Waals surface area contributed by atoms with E-state index in [1.54, 1.807) is 12.1 Å². The minimum absolute atomic E-state index is 0.101. The van der Waals surface area contributed by atoms with Crippen LogP contribution < -0.4 is 10.2 Å². The molecule has 2 atom stereocenters. The number of hydrogen-bond acceptors (Lipinski definition) is 6. The number of nitrogens with one attached hydrogen (secondary N) is 1. The van der Waals surface area contributed by atoms with E-state index in [2.05, 4.69) is 12.2 Å². The summed E-state index contributed by atoms with van der Waals surface area (Å²) in [5.41, 5.74) is 0.488. The lowest BCUT2D eigenvalue weighted by atomic mass is 9.86. The average Bonchev–Trinajstić information content (AvgIpc) is 2.77. The van der Waals surface area contributed by atoms with Gasteiger partial charge in [0.1, 0.15) is 6.54 Å². The van der Waals surface area contributed by atoms with E-state index < -0.39 is 10.0 Å². The maximum absolute atomic E-state index is 13.1. The van der Waals surface area contributed by atoms with Crippen LogP contribution in [0.2, 0.25) is 0 Å². The average molecular weight is 468 g/mol. The summed E-state index contributed by atoms with van der Waals surface area (Å²) >= 11 is 1.37. The first kappa shape index (κ1) is 22.6. The fraction of sp³-hybridized carbons (Fsp3) is 0.619. The number of amides is 2. The summed E-state index contributed by atoms with van der Waals surface area (Å²) in [6.45, 7) is 3.38. The molecular weight excluding hydrogens is 438 g/mol. The fourth-order valence-electron chi connectivity index (χ4n) is 4.38. The number of ether oxygens (including phenoxy) is 1. The molecule has 31 heavy (non-hydrogen) atoms. The summed E-state index contributed by atoms with van der Waals surface area (Å²) in [4.78, 5) is 27.8. The molecule has 1 aromatic rings. The summed E-state index contributed by atoms with van der Waals surface area (Å²) in [5.74, 6) is 0.259. The Morgan fingerprint density at radius 2 is 1.97 bits per heavy atom. The van der Waals surface area contributed by atoms with Crippen LogP contribution >= 0.6 is 11.8 Å². The molecule has 2 heterocycles. The van der Waals surface area contributed by atoms with Crippen LogP contribution in [0.3, 0.4) is 0 Å². The van der Waals surface area contributed by atoms with Crippen LogP contribution in [0.5, 0.6) is 0 Å². The summed E-state index contributed by atoms with van der Waals surface area (Å²) in [7, 11) is -3.69. The third-order valence-electron chi connectivity index (χ3n) is 6.24. The molecule has 1 saturated heterocycles. The van der Waals surface area contributed by atoms with Crippen molar-refractivity contribution in [3.05, 3.63) is 18.2 Å². The summed E-state index contributed by atoms with van der Waals surface area (Å²) in [5, 5.41) is 3.08. The van der Waals surface area contributed by atoms with Gasteiger partial charge in [-0.25, -0.2) is 8.42 Å². The first-order valence-corrected chi connectivity index (χ1v) is 13.2. The highest BCUT2D eigenvalue weighted by atomic mass is 32.2. The smallest absolute Gasteiger partial charge is 0.243 e. The molecule has 8 nitrogen and oxygen atoms in total. The second kappa shape index (κ2) is 9.48. The maximum atomic E-state index is 13.1. The number of carbonyl (C=O) groups excluding carboxylic acids is 2. The Morgan fingerprint density at radius 3 is 2.71 bits per heavy atom. The number of carbonyl (C=O) groups is 2. The number of anilines is 1. The zero-order chi connectivity index (χ0) is 22.0. The molecule has 2 aliphatic heterocycles. The molecule has 4 rings (SSSR count). The van der Waals surface area contributed by atoms with E-state index in [0.717, 1.165) is 24.2 Å². The van der Waals surface area contributed by atoms with E-state index in [1.165, 1.54) is 33.5 Å². The minimum atomic E-state index is -3.69. The minimum Gasteiger partial charge on any atom is -0.379 e. The lowest BCUT2D eigenvalue weighted by Crippen LogP contribution is -2.48. The van der Waals surface area contributed by atoms with Gasteiger partial charge in [-0.3, -0.25) is 9.59 Å². The topological polar surface area (TPSA) is 96.0 Å². The van der Waals surface area contributed by atoms with Crippen LogP contribution in [0.25, 0.3) is 0 Å². The van der Waals surface area contributed by atoms with Crippen molar-refractivity contribution in [2.75, 3.05) is 43.5 Å². The first-order chi connectivity index (χ1) is 14.9. The molecule has 1 saturated carbocycles. The number of nitrogens with zero attached hydrogens (tertiary/aromatic N) is 2. The van der Waals surface area contributed by atoms with Crippen molar-refractivity contribution < 1.29 is 22.7 Å². The standard InChI is InChI=1S/C21H29N3O5S2/c1-15-4-2-3-5-17(15)22-20(25)13-24-18-12-16(6-7-19(18)30-14-21(24)26)31(27,28)23-8-10-29-11-9-23/h6-7,12,15,17H,2-5,8-11,13-14H2,1H3,(H,22,25)/t15-,17-/m0/s1. The van der Waals surface area contributed by atoms with Crippen LogP contribution in [0.15, 0.2) is 28.0 Å². The normalized spacial score (nSPS) is 25.2. The summed E-state index contributed by atoms with van der Waals surface area (Å²) < 4.78 is 32.8. The summed E-state index contributed by atoms with van der Waals surface area (Å²) in [6.07, 6.45) is 4.33. The molecule has 2 fully saturated rings. The Kier molecular flexibility index (Phi) is 6.90. The lowest BCUT2D eigenvalue weighted by Gasteiger charge is -2.32. The predicted octanol–water partition coefficient (Wildman–Crippen LogP) is 1.84. The highest BCUT2D eigenvalue weighted by molar-refractivity contribution is 8.00. The molecule has 1 aromatic carbocycles. The van der Waals surface area contributed by atoms with Gasteiger partial charge < -0.3 is 15.0 Å². The zero-order valence-corrected chi connectivity index (χ0v) is 19.3. The highest BCUT2D eigenvalue weighted by Gasteiger charge is 2.32. The first-order valence-electron chi connectivity index (χ1n) is 10.8. The molecule has 0 radical (unpaired) electrons. The molecule has 0 bridgehead atoms. The predicted molar refractivity (Wildman–Crippen MR) is 119 cm³/mol. The third-order valence-corrected chi connectivity index (χ3v) is 9.18. The Labute approximate surface area is 187 Å². The van der Waals surface area contributed by atoms with Crippen molar-refractivity contribution in [2.24, 2.45) is 5.92 Å². The van der Waals surface area contributed by atoms with Gasteiger partial charge in [-0.05, 0) is 37.0 Å². The van der Waals surface area contributed by atoms with Crippen LogP contribution in [-0.2, 0) is 24.3 Å². The van der Waals surface area contributed by atoms with Crippen molar-refractivity contribution in [1.29, 1.82) is 0 Å². The van der Waals surface area contributed by atoms with E-state index in [0.29, 0.717) is 37.9 Å². The van der Waals surface area contributed by atoms with Gasteiger partial charge in [-0.15, -0.1) is 11.8 Å². The van der Waals surface area contributed by atoms with Crippen LogP contribution in [0.4, 0.5) is 5.69 Å². The molecular formula is C21H29N3O5S2. The Morgan fingerprint density at radius 1 is 1.23 bits per heavy atom. The monoisotopic (exact) mass is 467 g/mol. The Hall–Kier alpha value is -1.62. The Bertz CT molecular complexity index is 946. The highest BCUT2D eigenvalue weighted by Crippen LogP contribution is 2.37.